The number of halogens is 4. The van der Waals surface area contributed by atoms with Crippen molar-refractivity contribution in [1.82, 2.24) is 4.98 Å². The maximum absolute atomic E-state index is 14.5. The summed E-state index contributed by atoms with van der Waals surface area (Å²) >= 11 is 5.78. The van der Waals surface area contributed by atoms with Gasteiger partial charge in [-0.25, -0.2) is 19.0 Å². The molecule has 0 radical (unpaired) electrons. The van der Waals surface area contributed by atoms with E-state index in [2.05, 4.69) is 23.9 Å². The molecule has 0 atom stereocenters. The summed E-state index contributed by atoms with van der Waals surface area (Å²) < 4.78 is 59.2. The van der Waals surface area contributed by atoms with Crippen LogP contribution in [0.15, 0.2) is 18.2 Å². The molecule has 0 fully saturated rings. The summed E-state index contributed by atoms with van der Waals surface area (Å²) in [7, 11) is 2.12. The second kappa shape index (κ2) is 6.62. The Labute approximate surface area is 154 Å². The van der Waals surface area contributed by atoms with Gasteiger partial charge in [0.05, 0.1) is 30.4 Å². The van der Waals surface area contributed by atoms with E-state index < -0.39 is 46.9 Å². The number of benzene rings is 1. The third kappa shape index (κ3) is 3.35. The predicted octanol–water partition coefficient (Wildman–Crippen LogP) is 3.44. The number of carbonyl (C=O) groups is 2. The molecule has 1 aromatic heterocycles. The van der Waals surface area contributed by atoms with Crippen molar-refractivity contribution in [3.8, 4) is 22.8 Å². The van der Waals surface area contributed by atoms with E-state index in [-0.39, 0.29) is 16.1 Å². The van der Waals surface area contributed by atoms with Crippen molar-refractivity contribution in [3.63, 3.8) is 0 Å². The van der Waals surface area contributed by atoms with Gasteiger partial charge < -0.3 is 18.9 Å². The van der Waals surface area contributed by atoms with Gasteiger partial charge >= 0.3 is 18.2 Å². The Morgan fingerprint density at radius 1 is 1.11 bits per heavy atom. The minimum absolute atomic E-state index is 0.233. The largest absolute Gasteiger partial charge is 0.586 e. The van der Waals surface area contributed by atoms with Crippen molar-refractivity contribution in [3.05, 3.63) is 40.3 Å². The molecule has 0 unspecified atom stereocenters. The number of ether oxygens (including phenoxy) is 4. The molecule has 0 N–H and O–H groups in total. The lowest BCUT2D eigenvalue weighted by atomic mass is 10.0. The zero-order valence-electron chi connectivity index (χ0n) is 13.6. The number of esters is 2. The second-order valence-corrected chi connectivity index (χ2v) is 5.56. The Kier molecular flexibility index (Phi) is 4.60. The molecule has 0 amide bonds. The summed E-state index contributed by atoms with van der Waals surface area (Å²) in [4.78, 5) is 27.3. The molecule has 0 spiro atoms. The van der Waals surface area contributed by atoms with Crippen LogP contribution in [0.1, 0.15) is 20.8 Å². The number of fused-ring (bicyclic) bond motifs is 1. The number of hydrogen-bond donors (Lipinski definition) is 0. The van der Waals surface area contributed by atoms with Crippen LogP contribution in [0.2, 0.25) is 5.02 Å². The highest BCUT2D eigenvalue weighted by molar-refractivity contribution is 6.33. The summed E-state index contributed by atoms with van der Waals surface area (Å²) in [6.45, 7) is 0. The Hall–Kier alpha value is -3.01. The molecule has 1 aromatic carbocycles. The summed E-state index contributed by atoms with van der Waals surface area (Å²) in [6.07, 6.45) is -4.04. The SMILES string of the molecule is COC(=O)c1cc2c(c(-c3nc(C(=O)OC)c(Cl)cc3F)c1)OC(F)(F)O2. The molecule has 7 nitrogen and oxygen atoms in total. The van der Waals surface area contributed by atoms with Gasteiger partial charge in [0, 0.05) is 0 Å². The van der Waals surface area contributed by atoms with Crippen LogP contribution < -0.4 is 9.47 Å². The van der Waals surface area contributed by atoms with Crippen molar-refractivity contribution in [2.24, 2.45) is 0 Å². The predicted molar refractivity (Wildman–Crippen MR) is 83.5 cm³/mol. The van der Waals surface area contributed by atoms with Gasteiger partial charge in [-0.15, -0.1) is 8.78 Å². The van der Waals surface area contributed by atoms with E-state index in [9.17, 15) is 22.8 Å². The molecular weight excluding hydrogens is 395 g/mol. The molecule has 2 heterocycles. The number of nitrogens with zero attached hydrogens (tertiary/aromatic N) is 1. The van der Waals surface area contributed by atoms with Gasteiger partial charge in [-0.3, -0.25) is 0 Å². The fourth-order valence-electron chi connectivity index (χ4n) is 2.36. The fourth-order valence-corrected chi connectivity index (χ4v) is 2.57. The van der Waals surface area contributed by atoms with Crippen LogP contribution >= 0.6 is 11.6 Å². The summed E-state index contributed by atoms with van der Waals surface area (Å²) in [5, 5.41) is -0.355. The molecule has 0 bridgehead atoms. The fraction of sp³-hybridized carbons (Fsp3) is 0.188. The molecule has 1 aliphatic rings. The average molecular weight is 404 g/mol. The third-order valence-electron chi connectivity index (χ3n) is 3.49. The van der Waals surface area contributed by atoms with Gasteiger partial charge in [0.15, 0.2) is 23.0 Å². The van der Waals surface area contributed by atoms with Gasteiger partial charge in [-0.05, 0) is 18.2 Å². The van der Waals surface area contributed by atoms with Crippen LogP contribution in [0.3, 0.4) is 0 Å². The topological polar surface area (TPSA) is 84.0 Å². The first-order valence-corrected chi connectivity index (χ1v) is 7.51. The summed E-state index contributed by atoms with van der Waals surface area (Å²) in [5.74, 6) is -4.05. The smallest absolute Gasteiger partial charge is 0.465 e. The molecule has 2 aromatic rings. The molecule has 11 heteroatoms. The van der Waals surface area contributed by atoms with Gasteiger partial charge in [-0.1, -0.05) is 11.6 Å². The van der Waals surface area contributed by atoms with Crippen molar-refractivity contribution < 1.29 is 41.7 Å². The van der Waals surface area contributed by atoms with Gasteiger partial charge in [0.1, 0.15) is 5.69 Å². The number of methoxy groups -OCH3 is 2. The van der Waals surface area contributed by atoms with E-state index in [1.54, 1.807) is 0 Å². The number of aromatic nitrogens is 1. The second-order valence-electron chi connectivity index (χ2n) is 5.15. The zero-order valence-corrected chi connectivity index (χ0v) is 14.4. The van der Waals surface area contributed by atoms with E-state index in [4.69, 9.17) is 11.6 Å². The Bertz CT molecular complexity index is 966. The number of rotatable bonds is 3. The molecule has 0 aliphatic carbocycles. The van der Waals surface area contributed by atoms with E-state index in [1.165, 1.54) is 0 Å². The monoisotopic (exact) mass is 403 g/mol. The summed E-state index contributed by atoms with van der Waals surface area (Å²) in [5.41, 5.74) is -1.64. The number of hydrogen-bond acceptors (Lipinski definition) is 7. The van der Waals surface area contributed by atoms with Gasteiger partial charge in [0.25, 0.3) is 0 Å². The van der Waals surface area contributed by atoms with E-state index in [0.29, 0.717) is 0 Å². The van der Waals surface area contributed by atoms with Crippen LogP contribution in [0.5, 0.6) is 11.5 Å². The average Bonchev–Trinajstić information content (AvgIpc) is 2.93. The van der Waals surface area contributed by atoms with E-state index in [1.807, 2.05) is 0 Å². The quantitative estimate of drug-likeness (QED) is 0.726. The molecule has 0 saturated heterocycles. The maximum Gasteiger partial charge on any atom is 0.586 e. The minimum Gasteiger partial charge on any atom is -0.465 e. The molecule has 27 heavy (non-hydrogen) atoms. The van der Waals surface area contributed by atoms with Gasteiger partial charge in [-0.2, -0.15) is 0 Å². The molecular formula is C16H9ClF3NO6. The van der Waals surface area contributed by atoms with E-state index in [0.717, 1.165) is 32.4 Å². The molecule has 1 aliphatic heterocycles. The molecule has 142 valence electrons. The molecule has 3 rings (SSSR count). The summed E-state index contributed by atoms with van der Waals surface area (Å²) in [6, 6.07) is 2.71. The third-order valence-corrected chi connectivity index (χ3v) is 3.78. The lowest BCUT2D eigenvalue weighted by Gasteiger charge is -2.11. The van der Waals surface area contributed by atoms with Crippen molar-refractivity contribution >= 4 is 23.5 Å². The van der Waals surface area contributed by atoms with Gasteiger partial charge in [0.2, 0.25) is 0 Å². The van der Waals surface area contributed by atoms with E-state index >= 15 is 0 Å². The van der Waals surface area contributed by atoms with Crippen LogP contribution in [-0.2, 0) is 9.47 Å². The van der Waals surface area contributed by atoms with Crippen molar-refractivity contribution in [2.45, 2.75) is 6.29 Å². The van der Waals surface area contributed by atoms with Crippen LogP contribution in [0, 0.1) is 5.82 Å². The minimum atomic E-state index is -4.04. The highest BCUT2D eigenvalue weighted by Crippen LogP contribution is 2.48. The lowest BCUT2D eigenvalue weighted by Crippen LogP contribution is -2.26. The normalized spacial score (nSPS) is 14.0. The highest BCUT2D eigenvalue weighted by Gasteiger charge is 2.45. The Morgan fingerprint density at radius 2 is 1.78 bits per heavy atom. The number of carbonyl (C=O) groups excluding carboxylic acids is 2. The Morgan fingerprint density at radius 3 is 2.41 bits per heavy atom. The number of pyridine rings is 1. The van der Waals surface area contributed by atoms with Crippen LogP contribution in [-0.4, -0.2) is 37.4 Å². The maximum atomic E-state index is 14.5. The highest BCUT2D eigenvalue weighted by atomic mass is 35.5. The van der Waals surface area contributed by atoms with Crippen LogP contribution in [0.25, 0.3) is 11.3 Å². The van der Waals surface area contributed by atoms with Crippen molar-refractivity contribution in [2.75, 3.05) is 14.2 Å². The van der Waals surface area contributed by atoms with Crippen LogP contribution in [0.4, 0.5) is 13.2 Å². The standard InChI is InChI=1S/C16H9ClF3NO6/c1-24-14(22)6-3-7(13-10(4-6)26-16(19,20)27-13)11-9(18)5-8(17)12(21-11)15(23)25-2/h3-5H,1-2H3. The first-order valence-electron chi connectivity index (χ1n) is 7.13. The molecule has 0 saturated carbocycles. The first kappa shape index (κ1) is 18.8. The first-order chi connectivity index (χ1) is 12.7. The number of alkyl halides is 2. The zero-order chi connectivity index (χ0) is 19.9. The van der Waals surface area contributed by atoms with Crippen molar-refractivity contribution in [1.29, 1.82) is 0 Å². The lowest BCUT2D eigenvalue weighted by molar-refractivity contribution is -0.286. The Balaban J connectivity index is 2.27.